The summed E-state index contributed by atoms with van der Waals surface area (Å²) < 4.78 is 2.18. The Labute approximate surface area is 165 Å². The van der Waals surface area contributed by atoms with Crippen molar-refractivity contribution in [2.75, 3.05) is 6.54 Å². The number of carbonyl (C=O) groups is 1. The molecule has 0 bridgehead atoms. The lowest BCUT2D eigenvalue weighted by Crippen LogP contribution is -2.34. The molecule has 1 aromatic heterocycles. The van der Waals surface area contributed by atoms with Gasteiger partial charge in [-0.25, -0.2) is 4.98 Å². The summed E-state index contributed by atoms with van der Waals surface area (Å²) in [4.78, 5) is 16.7. The van der Waals surface area contributed by atoms with Gasteiger partial charge in [0, 0.05) is 13.1 Å². The average molecular weight is 395 g/mol. The number of aryl methyl sites for hydroxylation is 2. The summed E-state index contributed by atoms with van der Waals surface area (Å²) >= 11 is 0. The molecule has 1 unspecified atom stereocenters. The van der Waals surface area contributed by atoms with E-state index in [-0.39, 0.29) is 30.7 Å². The Balaban J connectivity index is 0.00000169. The van der Waals surface area contributed by atoms with Gasteiger partial charge in [0.15, 0.2) is 0 Å². The van der Waals surface area contributed by atoms with Crippen LogP contribution in [0.5, 0.6) is 0 Å². The molecule has 0 spiro atoms. The first-order valence-corrected chi connectivity index (χ1v) is 8.17. The van der Waals surface area contributed by atoms with E-state index < -0.39 is 6.04 Å². The molecule has 2 aromatic carbocycles. The third-order valence-corrected chi connectivity index (χ3v) is 4.14. The summed E-state index contributed by atoms with van der Waals surface area (Å²) in [6.45, 7) is 3.41. The van der Waals surface area contributed by atoms with E-state index >= 15 is 0 Å². The van der Waals surface area contributed by atoms with Gasteiger partial charge < -0.3 is 15.6 Å². The third-order valence-electron chi connectivity index (χ3n) is 4.14. The number of rotatable bonds is 6. The predicted octanol–water partition coefficient (Wildman–Crippen LogP) is 3.39. The lowest BCUT2D eigenvalue weighted by Gasteiger charge is -2.13. The molecule has 26 heavy (non-hydrogen) atoms. The smallest absolute Gasteiger partial charge is 0.241 e. The van der Waals surface area contributed by atoms with Crippen LogP contribution >= 0.6 is 24.8 Å². The lowest BCUT2D eigenvalue weighted by atomic mass is 10.1. The number of imidazole rings is 1. The van der Waals surface area contributed by atoms with Gasteiger partial charge in [-0.05, 0) is 31.0 Å². The molecule has 1 heterocycles. The number of amides is 1. The summed E-state index contributed by atoms with van der Waals surface area (Å²) in [5.74, 6) is 0.844. The minimum Gasteiger partial charge on any atom is -0.354 e. The third kappa shape index (κ3) is 4.97. The van der Waals surface area contributed by atoms with Crippen LogP contribution in [0.25, 0.3) is 11.0 Å². The minimum absolute atomic E-state index is 0. The van der Waals surface area contributed by atoms with Gasteiger partial charge in [0.1, 0.15) is 11.9 Å². The summed E-state index contributed by atoms with van der Waals surface area (Å²) in [6, 6.07) is 16.9. The van der Waals surface area contributed by atoms with Gasteiger partial charge in [0.05, 0.1) is 11.0 Å². The van der Waals surface area contributed by atoms with E-state index in [4.69, 9.17) is 5.73 Å². The van der Waals surface area contributed by atoms with Crippen LogP contribution in [0.2, 0.25) is 0 Å². The van der Waals surface area contributed by atoms with E-state index in [0.29, 0.717) is 6.54 Å². The van der Waals surface area contributed by atoms with Crippen molar-refractivity contribution in [2.45, 2.75) is 25.9 Å². The van der Waals surface area contributed by atoms with Gasteiger partial charge in [-0.15, -0.1) is 24.8 Å². The quantitative estimate of drug-likeness (QED) is 0.629. The summed E-state index contributed by atoms with van der Waals surface area (Å²) in [5.41, 5.74) is 8.94. The Hall–Kier alpha value is -2.08. The zero-order chi connectivity index (χ0) is 16.9. The summed E-state index contributed by atoms with van der Waals surface area (Å²) in [7, 11) is 0. The molecule has 0 saturated heterocycles. The monoisotopic (exact) mass is 394 g/mol. The predicted molar refractivity (Wildman–Crippen MR) is 110 cm³/mol. The highest BCUT2D eigenvalue weighted by Crippen LogP contribution is 2.15. The Morgan fingerprint density at radius 3 is 2.50 bits per heavy atom. The van der Waals surface area contributed by atoms with Crippen molar-refractivity contribution in [3.05, 3.63) is 66.0 Å². The Morgan fingerprint density at radius 2 is 1.77 bits per heavy atom. The molecule has 1 amide bonds. The SMILES string of the molecule is Cc1nc2ccccc2n1CCCNC(=O)C(N)c1ccccc1.Cl.Cl. The van der Waals surface area contributed by atoms with Crippen LogP contribution in [-0.4, -0.2) is 22.0 Å². The molecule has 5 nitrogen and oxygen atoms in total. The molecular weight excluding hydrogens is 371 g/mol. The standard InChI is InChI=1S/C19H22N4O.2ClH/c1-14-22-16-10-5-6-11-17(16)23(14)13-7-12-21-19(24)18(20)15-8-3-2-4-9-15;;/h2-6,8-11,18H,7,12-13,20H2,1H3,(H,21,24);2*1H. The molecule has 0 aliphatic carbocycles. The summed E-state index contributed by atoms with van der Waals surface area (Å²) in [5, 5.41) is 2.91. The largest absolute Gasteiger partial charge is 0.354 e. The van der Waals surface area contributed by atoms with Crippen molar-refractivity contribution in [3.8, 4) is 0 Å². The Morgan fingerprint density at radius 1 is 1.12 bits per heavy atom. The van der Waals surface area contributed by atoms with E-state index in [2.05, 4.69) is 20.9 Å². The number of nitrogens with zero attached hydrogens (tertiary/aromatic N) is 2. The van der Waals surface area contributed by atoms with Crippen LogP contribution in [0.3, 0.4) is 0 Å². The molecule has 140 valence electrons. The van der Waals surface area contributed by atoms with Crippen LogP contribution in [0, 0.1) is 6.92 Å². The van der Waals surface area contributed by atoms with E-state index in [9.17, 15) is 4.79 Å². The number of carbonyl (C=O) groups excluding carboxylic acids is 1. The topological polar surface area (TPSA) is 72.9 Å². The first-order valence-electron chi connectivity index (χ1n) is 8.17. The molecule has 1 atom stereocenters. The van der Waals surface area contributed by atoms with Crippen LogP contribution in [-0.2, 0) is 11.3 Å². The number of hydrogen-bond donors (Lipinski definition) is 2. The molecule has 3 N–H and O–H groups in total. The molecule has 0 radical (unpaired) electrons. The highest BCUT2D eigenvalue weighted by molar-refractivity contribution is 5.85. The first-order chi connectivity index (χ1) is 11.7. The highest BCUT2D eigenvalue weighted by Gasteiger charge is 2.14. The van der Waals surface area contributed by atoms with Crippen molar-refractivity contribution < 1.29 is 4.79 Å². The lowest BCUT2D eigenvalue weighted by molar-refractivity contribution is -0.122. The number of halogens is 2. The number of nitrogens with two attached hydrogens (primary N) is 1. The zero-order valence-corrected chi connectivity index (χ0v) is 16.2. The van der Waals surface area contributed by atoms with E-state index in [1.807, 2.05) is 55.5 Å². The first kappa shape index (κ1) is 22.0. The van der Waals surface area contributed by atoms with E-state index in [1.165, 1.54) is 0 Å². The zero-order valence-electron chi connectivity index (χ0n) is 14.6. The maximum atomic E-state index is 12.1. The van der Waals surface area contributed by atoms with E-state index in [1.54, 1.807) is 0 Å². The maximum absolute atomic E-state index is 12.1. The molecule has 0 saturated carbocycles. The molecular formula is C19H24Cl2N4O. The van der Waals surface area contributed by atoms with Crippen molar-refractivity contribution in [2.24, 2.45) is 5.73 Å². The van der Waals surface area contributed by atoms with Crippen molar-refractivity contribution in [3.63, 3.8) is 0 Å². The molecule has 0 aliphatic rings. The number of hydrogen-bond acceptors (Lipinski definition) is 3. The van der Waals surface area contributed by atoms with Gasteiger partial charge in [-0.1, -0.05) is 42.5 Å². The molecule has 3 aromatic rings. The number of fused-ring (bicyclic) bond motifs is 1. The number of aromatic nitrogens is 2. The second-order valence-corrected chi connectivity index (χ2v) is 5.83. The van der Waals surface area contributed by atoms with Gasteiger partial charge in [0.2, 0.25) is 5.91 Å². The van der Waals surface area contributed by atoms with Crippen molar-refractivity contribution >= 4 is 41.8 Å². The molecule has 0 aliphatic heterocycles. The van der Waals surface area contributed by atoms with Crippen molar-refractivity contribution in [1.82, 2.24) is 14.9 Å². The fourth-order valence-electron chi connectivity index (χ4n) is 2.85. The molecule has 3 rings (SSSR count). The normalized spacial score (nSPS) is 11.3. The maximum Gasteiger partial charge on any atom is 0.241 e. The average Bonchev–Trinajstić information content (AvgIpc) is 2.94. The van der Waals surface area contributed by atoms with Gasteiger partial charge >= 0.3 is 0 Å². The van der Waals surface area contributed by atoms with Crippen LogP contribution in [0.15, 0.2) is 54.6 Å². The van der Waals surface area contributed by atoms with Crippen LogP contribution < -0.4 is 11.1 Å². The summed E-state index contributed by atoms with van der Waals surface area (Å²) in [6.07, 6.45) is 0.828. The van der Waals surface area contributed by atoms with E-state index in [0.717, 1.165) is 35.4 Å². The molecule has 7 heteroatoms. The van der Waals surface area contributed by atoms with Gasteiger partial charge in [0.25, 0.3) is 0 Å². The molecule has 0 fully saturated rings. The number of nitrogens with one attached hydrogen (secondary N) is 1. The van der Waals surface area contributed by atoms with Crippen LogP contribution in [0.1, 0.15) is 23.9 Å². The van der Waals surface area contributed by atoms with Gasteiger partial charge in [-0.3, -0.25) is 4.79 Å². The fraction of sp³-hybridized carbons (Fsp3) is 0.263. The Bertz CT molecular complexity index is 836. The second kappa shape index (κ2) is 10.2. The number of para-hydroxylation sites is 2. The second-order valence-electron chi connectivity index (χ2n) is 5.83. The van der Waals surface area contributed by atoms with Crippen LogP contribution in [0.4, 0.5) is 0 Å². The number of benzene rings is 2. The minimum atomic E-state index is -0.623. The fourth-order valence-corrected chi connectivity index (χ4v) is 2.85. The van der Waals surface area contributed by atoms with Gasteiger partial charge in [-0.2, -0.15) is 0 Å². The highest BCUT2D eigenvalue weighted by atomic mass is 35.5. The Kier molecular flexibility index (Phi) is 8.58. The van der Waals surface area contributed by atoms with Crippen molar-refractivity contribution in [1.29, 1.82) is 0 Å².